The van der Waals surface area contributed by atoms with Crippen LogP contribution in [0.3, 0.4) is 0 Å². The molecule has 1 atom stereocenters. The van der Waals surface area contributed by atoms with Crippen molar-refractivity contribution in [2.75, 3.05) is 13.2 Å². The van der Waals surface area contributed by atoms with Crippen LogP contribution in [0.5, 0.6) is 0 Å². The molecule has 1 aliphatic rings. The van der Waals surface area contributed by atoms with Gasteiger partial charge in [-0.1, -0.05) is 11.8 Å². The van der Waals surface area contributed by atoms with Crippen molar-refractivity contribution in [1.29, 1.82) is 0 Å². The first-order chi connectivity index (χ1) is 9.69. The molecule has 3 N–H and O–H groups in total. The van der Waals surface area contributed by atoms with Gasteiger partial charge in [-0.05, 0) is 18.6 Å². The summed E-state index contributed by atoms with van der Waals surface area (Å²) >= 11 is 1.33. The van der Waals surface area contributed by atoms with Crippen molar-refractivity contribution in [3.05, 3.63) is 21.9 Å². The highest BCUT2D eigenvalue weighted by atomic mass is 32.1. The van der Waals surface area contributed by atoms with Gasteiger partial charge in [0.15, 0.2) is 0 Å². The van der Waals surface area contributed by atoms with Crippen molar-refractivity contribution in [3.8, 4) is 11.8 Å². The predicted octanol–water partition coefficient (Wildman–Crippen LogP) is 0.490. The number of rotatable bonds is 3. The third kappa shape index (κ3) is 4.08. The summed E-state index contributed by atoms with van der Waals surface area (Å²) in [6.07, 6.45) is 1.56. The fourth-order valence-corrected chi connectivity index (χ4v) is 2.63. The molecule has 0 aromatic carbocycles. The highest BCUT2D eigenvalue weighted by Gasteiger charge is 2.20. The molecule has 106 valence electrons. The summed E-state index contributed by atoms with van der Waals surface area (Å²) < 4.78 is 0. The van der Waals surface area contributed by atoms with E-state index >= 15 is 0 Å². The Labute approximate surface area is 121 Å². The molecule has 1 fully saturated rings. The van der Waals surface area contributed by atoms with Crippen LogP contribution in [0.25, 0.3) is 0 Å². The first-order valence-electron chi connectivity index (χ1n) is 6.46. The Kier molecular flexibility index (Phi) is 5.16. The zero-order valence-electron chi connectivity index (χ0n) is 10.9. The smallest absolute Gasteiger partial charge is 0.261 e. The van der Waals surface area contributed by atoms with Crippen molar-refractivity contribution in [3.63, 3.8) is 0 Å². The Morgan fingerprint density at radius 2 is 2.40 bits per heavy atom. The summed E-state index contributed by atoms with van der Waals surface area (Å²) in [7, 11) is 0. The summed E-state index contributed by atoms with van der Waals surface area (Å²) in [6.45, 7) is 0.526. The second kappa shape index (κ2) is 7.08. The lowest BCUT2D eigenvalue weighted by Crippen LogP contribution is -2.47. The number of carbonyl (C=O) groups excluding carboxylic acids is 2. The largest absolute Gasteiger partial charge is 0.395 e. The quantitative estimate of drug-likeness (QED) is 0.710. The second-order valence-electron chi connectivity index (χ2n) is 4.45. The lowest BCUT2D eigenvalue weighted by atomic mass is 10.1. The monoisotopic (exact) mass is 292 g/mol. The standard InChI is InChI=1S/C14H16N2O3S/c17-8-2-1-3-11-5-6-12(20-11)14(19)16-10-4-7-13(18)15-9-10/h5-6,10,17H,2,4,7-9H2,(H,15,18)(H,16,19). The molecule has 6 heteroatoms. The molecule has 1 saturated heterocycles. The lowest BCUT2D eigenvalue weighted by molar-refractivity contribution is -0.122. The van der Waals surface area contributed by atoms with Crippen LogP contribution in [0.2, 0.25) is 0 Å². The summed E-state index contributed by atoms with van der Waals surface area (Å²) in [5.41, 5.74) is 0. The van der Waals surface area contributed by atoms with Crippen LogP contribution in [0.4, 0.5) is 0 Å². The van der Waals surface area contributed by atoms with Crippen LogP contribution in [-0.4, -0.2) is 36.1 Å². The normalized spacial score (nSPS) is 17.9. The molecular weight excluding hydrogens is 276 g/mol. The topological polar surface area (TPSA) is 78.4 Å². The molecule has 1 aromatic heterocycles. The average molecular weight is 292 g/mol. The molecule has 5 nitrogen and oxygen atoms in total. The van der Waals surface area contributed by atoms with Gasteiger partial charge in [-0.2, -0.15) is 0 Å². The molecule has 2 rings (SSSR count). The molecule has 2 heterocycles. The fraction of sp³-hybridized carbons (Fsp3) is 0.429. The molecule has 1 aromatic rings. The van der Waals surface area contributed by atoms with Crippen molar-refractivity contribution in [2.45, 2.75) is 25.3 Å². The fourth-order valence-electron chi connectivity index (χ4n) is 1.85. The van der Waals surface area contributed by atoms with Gasteiger partial charge in [0, 0.05) is 25.4 Å². The number of piperidine rings is 1. The Hall–Kier alpha value is -1.84. The van der Waals surface area contributed by atoms with E-state index in [0.29, 0.717) is 30.7 Å². The predicted molar refractivity (Wildman–Crippen MR) is 76.4 cm³/mol. The Morgan fingerprint density at radius 1 is 1.55 bits per heavy atom. The van der Waals surface area contributed by atoms with E-state index in [2.05, 4.69) is 22.5 Å². The third-order valence-corrected chi connectivity index (χ3v) is 3.88. The van der Waals surface area contributed by atoms with Crippen LogP contribution >= 0.6 is 11.3 Å². The van der Waals surface area contributed by atoms with Crippen molar-refractivity contribution in [1.82, 2.24) is 10.6 Å². The molecule has 0 bridgehead atoms. The number of hydrogen-bond acceptors (Lipinski definition) is 4. The van der Waals surface area contributed by atoms with Gasteiger partial charge >= 0.3 is 0 Å². The number of carbonyl (C=O) groups is 2. The van der Waals surface area contributed by atoms with Crippen LogP contribution in [0.15, 0.2) is 12.1 Å². The van der Waals surface area contributed by atoms with Gasteiger partial charge < -0.3 is 15.7 Å². The maximum Gasteiger partial charge on any atom is 0.261 e. The number of hydrogen-bond donors (Lipinski definition) is 3. The minimum absolute atomic E-state index is 0.00813. The van der Waals surface area contributed by atoms with E-state index in [1.807, 2.05) is 0 Å². The summed E-state index contributed by atoms with van der Waals surface area (Å²) in [4.78, 5) is 24.5. The highest BCUT2D eigenvalue weighted by Crippen LogP contribution is 2.16. The lowest BCUT2D eigenvalue weighted by Gasteiger charge is -2.23. The number of aliphatic hydroxyl groups is 1. The summed E-state index contributed by atoms with van der Waals surface area (Å²) in [5.74, 6) is 5.63. The van der Waals surface area contributed by atoms with Gasteiger partial charge in [-0.15, -0.1) is 11.3 Å². The van der Waals surface area contributed by atoms with E-state index in [4.69, 9.17) is 5.11 Å². The van der Waals surface area contributed by atoms with Crippen molar-refractivity contribution in [2.24, 2.45) is 0 Å². The number of amides is 2. The van der Waals surface area contributed by atoms with Gasteiger partial charge in [0.05, 0.1) is 16.4 Å². The van der Waals surface area contributed by atoms with E-state index in [1.54, 1.807) is 12.1 Å². The Morgan fingerprint density at radius 3 is 3.10 bits per heavy atom. The highest BCUT2D eigenvalue weighted by molar-refractivity contribution is 7.14. The van der Waals surface area contributed by atoms with Crippen molar-refractivity contribution < 1.29 is 14.7 Å². The molecular formula is C14H16N2O3S. The van der Waals surface area contributed by atoms with E-state index in [-0.39, 0.29) is 24.5 Å². The van der Waals surface area contributed by atoms with Gasteiger partial charge in [0.1, 0.15) is 0 Å². The van der Waals surface area contributed by atoms with Crippen LogP contribution in [-0.2, 0) is 4.79 Å². The van der Waals surface area contributed by atoms with Crippen LogP contribution in [0, 0.1) is 11.8 Å². The molecule has 1 aliphatic heterocycles. The summed E-state index contributed by atoms with van der Waals surface area (Å²) in [6, 6.07) is 3.53. The molecule has 0 aliphatic carbocycles. The molecule has 0 spiro atoms. The van der Waals surface area contributed by atoms with E-state index < -0.39 is 0 Å². The zero-order valence-corrected chi connectivity index (χ0v) is 11.8. The first-order valence-corrected chi connectivity index (χ1v) is 7.28. The Balaban J connectivity index is 1.90. The van der Waals surface area contributed by atoms with Crippen LogP contribution < -0.4 is 10.6 Å². The third-order valence-electron chi connectivity index (χ3n) is 2.88. The molecule has 1 unspecified atom stereocenters. The Bertz CT molecular complexity index is 546. The average Bonchev–Trinajstić information content (AvgIpc) is 2.91. The number of aliphatic hydroxyl groups excluding tert-OH is 1. The summed E-state index contributed by atoms with van der Waals surface area (Å²) in [5, 5.41) is 14.3. The SMILES string of the molecule is O=C1CCC(NC(=O)c2ccc(C#CCCO)s2)CN1. The van der Waals surface area contributed by atoms with Crippen molar-refractivity contribution >= 4 is 23.2 Å². The van der Waals surface area contributed by atoms with Gasteiger partial charge in [-0.3, -0.25) is 9.59 Å². The minimum atomic E-state index is -0.133. The minimum Gasteiger partial charge on any atom is -0.395 e. The molecule has 0 radical (unpaired) electrons. The van der Waals surface area contributed by atoms with E-state index in [1.165, 1.54) is 11.3 Å². The van der Waals surface area contributed by atoms with Gasteiger partial charge in [0.25, 0.3) is 5.91 Å². The maximum absolute atomic E-state index is 12.0. The molecule has 0 saturated carbocycles. The molecule has 2 amide bonds. The zero-order chi connectivity index (χ0) is 14.4. The van der Waals surface area contributed by atoms with E-state index in [0.717, 1.165) is 4.88 Å². The van der Waals surface area contributed by atoms with E-state index in [9.17, 15) is 9.59 Å². The first kappa shape index (κ1) is 14.6. The van der Waals surface area contributed by atoms with Gasteiger partial charge in [-0.25, -0.2) is 0 Å². The number of thiophene rings is 1. The molecule has 20 heavy (non-hydrogen) atoms. The maximum atomic E-state index is 12.0. The van der Waals surface area contributed by atoms with Crippen LogP contribution in [0.1, 0.15) is 33.8 Å². The second-order valence-corrected chi connectivity index (χ2v) is 5.54. The number of nitrogens with one attached hydrogen (secondary N) is 2. The van der Waals surface area contributed by atoms with Gasteiger partial charge in [0.2, 0.25) is 5.91 Å².